The molecule has 0 radical (unpaired) electrons. The molecule has 0 aliphatic rings. The molecule has 1 aromatic carbocycles. The normalized spacial score (nSPS) is 11.0. The Kier molecular flexibility index (Phi) is 6.28. The van der Waals surface area contributed by atoms with Gasteiger partial charge in [-0.3, -0.25) is 10.1 Å². The van der Waals surface area contributed by atoms with Gasteiger partial charge in [0.05, 0.1) is 23.4 Å². The lowest BCUT2D eigenvalue weighted by atomic mass is 10.2. The van der Waals surface area contributed by atoms with Gasteiger partial charge in [-0.15, -0.1) is 11.3 Å². The number of thiazole rings is 1. The van der Waals surface area contributed by atoms with E-state index in [1.165, 1.54) is 47.6 Å². The Hall–Kier alpha value is -3.58. The summed E-state index contributed by atoms with van der Waals surface area (Å²) >= 11 is 2.70. The smallest absolute Gasteiger partial charge is 0.339 e. The first-order valence-electron chi connectivity index (χ1n) is 9.39. The Bertz CT molecular complexity index is 1300. The summed E-state index contributed by atoms with van der Waals surface area (Å²) in [5.74, 6) is -0.335. The van der Waals surface area contributed by atoms with E-state index in [9.17, 15) is 14.9 Å². The lowest BCUT2D eigenvalue weighted by Crippen LogP contribution is -2.10. The first-order valence-corrected chi connectivity index (χ1v) is 11.1. The maximum absolute atomic E-state index is 12.7. The van der Waals surface area contributed by atoms with Crippen molar-refractivity contribution in [3.05, 3.63) is 57.6 Å². The van der Waals surface area contributed by atoms with Crippen LogP contribution in [-0.2, 0) is 11.3 Å². The third-order valence-electron chi connectivity index (χ3n) is 4.40. The zero-order valence-corrected chi connectivity index (χ0v) is 18.4. The van der Waals surface area contributed by atoms with E-state index >= 15 is 0 Å². The molecule has 0 atom stereocenters. The number of fused-ring (bicyclic) bond motifs is 1. The van der Waals surface area contributed by atoms with E-state index in [1.54, 1.807) is 10.9 Å². The van der Waals surface area contributed by atoms with Crippen LogP contribution in [0.25, 0.3) is 11.2 Å². The Morgan fingerprint density at radius 2 is 2.19 bits per heavy atom. The third kappa shape index (κ3) is 4.68. The molecule has 0 saturated heterocycles. The van der Waals surface area contributed by atoms with Crippen molar-refractivity contribution in [1.82, 2.24) is 24.5 Å². The number of imidazole rings is 1. The highest BCUT2D eigenvalue weighted by molar-refractivity contribution is 8.01. The number of anilines is 1. The summed E-state index contributed by atoms with van der Waals surface area (Å²) in [6.07, 6.45) is 3.45. The molecule has 0 fully saturated rings. The number of ether oxygens (including phenoxy) is 1. The Balaban J connectivity index is 1.43. The summed E-state index contributed by atoms with van der Waals surface area (Å²) in [5, 5.41) is 13.1. The second-order valence-electron chi connectivity index (χ2n) is 6.65. The van der Waals surface area contributed by atoms with Gasteiger partial charge in [0.25, 0.3) is 5.69 Å². The molecule has 32 heavy (non-hydrogen) atoms. The number of nitro benzene ring substituents is 1. The SMILES string of the molecule is Cc1csc(Sc2ccc([N+](=O)[O-])cc2C(=O)OCCCn2cnc3c(N)ncnc32)n1. The van der Waals surface area contributed by atoms with Gasteiger partial charge in [0.2, 0.25) is 0 Å². The van der Waals surface area contributed by atoms with Crippen LogP contribution in [0.2, 0.25) is 0 Å². The van der Waals surface area contributed by atoms with Crippen LogP contribution in [0.5, 0.6) is 0 Å². The highest BCUT2D eigenvalue weighted by atomic mass is 32.2. The van der Waals surface area contributed by atoms with Gasteiger partial charge in [0.1, 0.15) is 11.8 Å². The number of nitro groups is 1. The quantitative estimate of drug-likeness (QED) is 0.175. The molecule has 0 aliphatic carbocycles. The predicted octanol–water partition coefficient (Wildman–Crippen LogP) is 3.48. The maximum Gasteiger partial charge on any atom is 0.339 e. The standard InChI is InChI=1S/C19H17N7O4S2/c1-11-8-31-19(24-11)32-14-4-3-12(26(28)29)7-13(14)18(27)30-6-2-5-25-10-23-15-16(20)21-9-22-17(15)25/h3-4,7-10H,2,5-6H2,1H3,(H2,20,21,22). The van der Waals surface area contributed by atoms with Crippen molar-refractivity contribution in [1.29, 1.82) is 0 Å². The van der Waals surface area contributed by atoms with Crippen LogP contribution >= 0.6 is 23.1 Å². The van der Waals surface area contributed by atoms with Crippen LogP contribution in [0.1, 0.15) is 22.5 Å². The number of carbonyl (C=O) groups excluding carboxylic acids is 1. The van der Waals surface area contributed by atoms with Crippen molar-refractivity contribution < 1.29 is 14.5 Å². The van der Waals surface area contributed by atoms with Crippen LogP contribution in [0.15, 0.2) is 45.5 Å². The lowest BCUT2D eigenvalue weighted by molar-refractivity contribution is -0.384. The number of nitrogens with two attached hydrogens (primary N) is 1. The van der Waals surface area contributed by atoms with Gasteiger partial charge in [-0.1, -0.05) is 11.8 Å². The number of aromatic nitrogens is 5. The van der Waals surface area contributed by atoms with E-state index in [0.29, 0.717) is 34.8 Å². The molecule has 13 heteroatoms. The van der Waals surface area contributed by atoms with Crippen LogP contribution in [-0.4, -0.2) is 42.0 Å². The number of rotatable bonds is 8. The summed E-state index contributed by atoms with van der Waals surface area (Å²) in [6.45, 7) is 2.48. The van der Waals surface area contributed by atoms with E-state index in [4.69, 9.17) is 10.5 Å². The van der Waals surface area contributed by atoms with Gasteiger partial charge < -0.3 is 15.0 Å². The molecule has 4 rings (SSSR count). The van der Waals surface area contributed by atoms with E-state index < -0.39 is 10.9 Å². The molecular weight excluding hydrogens is 454 g/mol. The Morgan fingerprint density at radius 3 is 2.94 bits per heavy atom. The van der Waals surface area contributed by atoms with E-state index in [2.05, 4.69) is 19.9 Å². The second kappa shape index (κ2) is 9.28. The van der Waals surface area contributed by atoms with E-state index in [0.717, 1.165) is 10.0 Å². The topological polar surface area (TPSA) is 152 Å². The highest BCUT2D eigenvalue weighted by Crippen LogP contribution is 2.34. The molecule has 0 aliphatic heterocycles. The van der Waals surface area contributed by atoms with Crippen LogP contribution in [0, 0.1) is 17.0 Å². The van der Waals surface area contributed by atoms with Crippen molar-refractivity contribution in [2.75, 3.05) is 12.3 Å². The minimum absolute atomic E-state index is 0.113. The molecular formula is C19H17N7O4S2. The van der Waals surface area contributed by atoms with Crippen molar-refractivity contribution in [3.8, 4) is 0 Å². The van der Waals surface area contributed by atoms with Gasteiger partial charge in [-0.25, -0.2) is 24.7 Å². The molecule has 164 valence electrons. The first-order chi connectivity index (χ1) is 15.4. The first kappa shape index (κ1) is 21.6. The summed E-state index contributed by atoms with van der Waals surface area (Å²) in [7, 11) is 0. The minimum Gasteiger partial charge on any atom is -0.462 e. The lowest BCUT2D eigenvalue weighted by Gasteiger charge is -2.09. The van der Waals surface area contributed by atoms with Crippen molar-refractivity contribution >= 4 is 51.7 Å². The summed E-state index contributed by atoms with van der Waals surface area (Å²) in [6, 6.07) is 4.13. The number of nitrogen functional groups attached to an aromatic ring is 1. The number of benzene rings is 1. The number of nitrogens with zero attached hydrogens (tertiary/aromatic N) is 6. The van der Waals surface area contributed by atoms with Gasteiger partial charge in [-0.05, 0) is 19.4 Å². The number of non-ortho nitro benzene ring substituents is 1. The fourth-order valence-corrected chi connectivity index (χ4v) is 4.79. The number of aryl methyl sites for hydroxylation is 2. The fourth-order valence-electron chi connectivity index (χ4n) is 2.89. The molecule has 0 unspecified atom stereocenters. The number of hydrogen-bond acceptors (Lipinski definition) is 11. The van der Waals surface area contributed by atoms with Crippen LogP contribution in [0.3, 0.4) is 0 Å². The molecule has 0 saturated carbocycles. The summed E-state index contributed by atoms with van der Waals surface area (Å²) < 4.78 is 7.92. The van der Waals surface area contributed by atoms with Gasteiger partial charge >= 0.3 is 5.97 Å². The molecule has 2 N–H and O–H groups in total. The second-order valence-corrected chi connectivity index (χ2v) is 8.80. The molecule has 3 heterocycles. The van der Waals surface area contributed by atoms with Crippen LogP contribution in [0.4, 0.5) is 11.5 Å². The van der Waals surface area contributed by atoms with Crippen molar-refractivity contribution in [3.63, 3.8) is 0 Å². The average Bonchev–Trinajstić information content (AvgIpc) is 3.38. The minimum atomic E-state index is -0.633. The maximum atomic E-state index is 12.7. The zero-order chi connectivity index (χ0) is 22.7. The van der Waals surface area contributed by atoms with Gasteiger partial charge in [0.15, 0.2) is 15.8 Å². The fraction of sp³-hybridized carbons (Fsp3) is 0.211. The van der Waals surface area contributed by atoms with E-state index in [-0.39, 0.29) is 17.9 Å². The van der Waals surface area contributed by atoms with Gasteiger partial charge in [0, 0.05) is 34.6 Å². The molecule has 3 aromatic heterocycles. The predicted molar refractivity (Wildman–Crippen MR) is 119 cm³/mol. The summed E-state index contributed by atoms with van der Waals surface area (Å²) in [4.78, 5) is 40.5. The largest absolute Gasteiger partial charge is 0.462 e. The number of esters is 1. The number of hydrogen-bond donors (Lipinski definition) is 1. The molecule has 0 bridgehead atoms. The average molecular weight is 472 g/mol. The van der Waals surface area contributed by atoms with Crippen molar-refractivity contribution in [2.24, 2.45) is 0 Å². The Morgan fingerprint density at radius 1 is 1.34 bits per heavy atom. The van der Waals surface area contributed by atoms with E-state index in [1.807, 2.05) is 12.3 Å². The molecule has 0 spiro atoms. The Labute approximate surface area is 189 Å². The van der Waals surface area contributed by atoms with Crippen LogP contribution < -0.4 is 5.73 Å². The third-order valence-corrected chi connectivity index (χ3v) is 6.53. The number of carbonyl (C=O) groups is 1. The van der Waals surface area contributed by atoms with Crippen molar-refractivity contribution in [2.45, 2.75) is 29.1 Å². The van der Waals surface area contributed by atoms with Gasteiger partial charge in [-0.2, -0.15) is 0 Å². The highest BCUT2D eigenvalue weighted by Gasteiger charge is 2.20. The summed E-state index contributed by atoms with van der Waals surface area (Å²) in [5.41, 5.74) is 7.71. The molecule has 4 aromatic rings. The molecule has 11 nitrogen and oxygen atoms in total. The molecule has 0 amide bonds. The monoisotopic (exact) mass is 471 g/mol. The zero-order valence-electron chi connectivity index (χ0n) is 16.8.